The zero-order chi connectivity index (χ0) is 15.0. The van der Waals surface area contributed by atoms with Crippen LogP contribution < -0.4 is 0 Å². The molecule has 0 aromatic carbocycles. The number of rotatable bonds is 2. The van der Waals surface area contributed by atoms with Gasteiger partial charge in [0.25, 0.3) is 0 Å². The second-order valence-corrected chi connectivity index (χ2v) is 6.99. The van der Waals surface area contributed by atoms with Gasteiger partial charge in [0.2, 0.25) is 5.79 Å². The molecule has 0 aliphatic carbocycles. The summed E-state index contributed by atoms with van der Waals surface area (Å²) in [5.74, 6) is -2.52. The van der Waals surface area contributed by atoms with Crippen LogP contribution in [0.4, 0.5) is 0 Å². The van der Waals surface area contributed by atoms with E-state index >= 15 is 0 Å². The fraction of sp³-hybridized carbons (Fsp3) is 1.00. The Morgan fingerprint density at radius 2 is 1.76 bits per heavy atom. The van der Waals surface area contributed by atoms with Crippen LogP contribution in [0.25, 0.3) is 0 Å². The van der Waals surface area contributed by atoms with Crippen molar-refractivity contribution in [3.05, 3.63) is 0 Å². The molecule has 6 atom stereocenters. The predicted molar refractivity (Wildman–Crippen MR) is 68.3 cm³/mol. The van der Waals surface area contributed by atoms with E-state index in [9.17, 15) is 5.11 Å². The van der Waals surface area contributed by atoms with Gasteiger partial charge in [-0.25, -0.2) is 0 Å². The summed E-state index contributed by atoms with van der Waals surface area (Å²) in [4.78, 5) is 0. The van der Waals surface area contributed by atoms with Crippen LogP contribution in [0.15, 0.2) is 0 Å². The smallest absolute Gasteiger partial charge is 0.230 e. The van der Waals surface area contributed by atoms with Crippen LogP contribution in [0.2, 0.25) is 0 Å². The van der Waals surface area contributed by atoms with Crippen molar-refractivity contribution in [3.8, 4) is 0 Å². The summed E-state index contributed by atoms with van der Waals surface area (Å²) in [6.07, 6.45) is -1.55. The molecule has 120 valence electrons. The summed E-state index contributed by atoms with van der Waals surface area (Å²) in [7, 11) is 0. The van der Waals surface area contributed by atoms with Gasteiger partial charge in [-0.2, -0.15) is 0 Å². The average molecular weight is 302 g/mol. The number of hydrogen-bond acceptors (Lipinski definition) is 7. The fourth-order valence-corrected chi connectivity index (χ4v) is 3.66. The first-order chi connectivity index (χ1) is 9.76. The lowest BCUT2D eigenvalue weighted by Gasteiger charge is -2.40. The minimum absolute atomic E-state index is 0.0662. The molecule has 0 saturated carbocycles. The molecule has 0 bridgehead atoms. The van der Waals surface area contributed by atoms with Crippen molar-refractivity contribution < 1.29 is 33.5 Å². The van der Waals surface area contributed by atoms with Gasteiger partial charge in [-0.3, -0.25) is 0 Å². The maximum absolute atomic E-state index is 9.29. The van der Waals surface area contributed by atoms with Crippen molar-refractivity contribution in [1.29, 1.82) is 0 Å². The molecular formula is C14H22O7. The second-order valence-electron chi connectivity index (χ2n) is 6.99. The van der Waals surface area contributed by atoms with Crippen molar-refractivity contribution in [1.82, 2.24) is 0 Å². The summed E-state index contributed by atoms with van der Waals surface area (Å²) in [6, 6.07) is 0. The molecule has 0 amide bonds. The molecule has 21 heavy (non-hydrogen) atoms. The maximum atomic E-state index is 9.29. The number of aliphatic hydroxyl groups is 1. The third-order valence-electron chi connectivity index (χ3n) is 4.36. The van der Waals surface area contributed by atoms with Gasteiger partial charge >= 0.3 is 0 Å². The molecule has 0 aromatic heterocycles. The standard InChI is InChI=1S/C14H22O7/c1-12(2)18-8-6-16-14(10-7(5-15)17-10)11(9(8)19-12)20-13(3,4)21-14/h7-11,15H,5-6H2,1-4H3/t7-,8+,9+,10+,11-,14-/m0/s1. The topological polar surface area (TPSA) is 78.9 Å². The third kappa shape index (κ3) is 2.07. The monoisotopic (exact) mass is 302 g/mol. The van der Waals surface area contributed by atoms with Crippen LogP contribution in [0.3, 0.4) is 0 Å². The summed E-state index contributed by atoms with van der Waals surface area (Å²) >= 11 is 0. The Bertz CT molecular complexity index is 451. The van der Waals surface area contributed by atoms with Crippen molar-refractivity contribution in [2.45, 2.75) is 75.6 Å². The quantitative estimate of drug-likeness (QED) is 0.727. The van der Waals surface area contributed by atoms with E-state index in [0.29, 0.717) is 6.61 Å². The molecule has 7 nitrogen and oxygen atoms in total. The zero-order valence-electron chi connectivity index (χ0n) is 12.7. The van der Waals surface area contributed by atoms with Gasteiger partial charge in [0, 0.05) is 0 Å². The minimum atomic E-state index is -1.04. The van der Waals surface area contributed by atoms with Gasteiger partial charge in [-0.1, -0.05) is 0 Å². The highest BCUT2D eigenvalue weighted by molar-refractivity contribution is 5.11. The van der Waals surface area contributed by atoms with Gasteiger partial charge in [0.05, 0.1) is 13.2 Å². The molecule has 0 spiro atoms. The van der Waals surface area contributed by atoms with Crippen molar-refractivity contribution in [2.75, 3.05) is 13.2 Å². The van der Waals surface area contributed by atoms with Gasteiger partial charge < -0.3 is 33.5 Å². The Kier molecular flexibility index (Phi) is 2.84. The largest absolute Gasteiger partial charge is 0.394 e. The zero-order valence-corrected chi connectivity index (χ0v) is 12.7. The molecule has 4 fully saturated rings. The molecule has 1 N–H and O–H groups in total. The van der Waals surface area contributed by atoms with E-state index in [1.807, 2.05) is 27.7 Å². The van der Waals surface area contributed by atoms with E-state index in [2.05, 4.69) is 0 Å². The van der Waals surface area contributed by atoms with E-state index in [4.69, 9.17) is 28.4 Å². The minimum Gasteiger partial charge on any atom is -0.394 e. The van der Waals surface area contributed by atoms with E-state index in [0.717, 1.165) is 0 Å². The molecule has 4 rings (SSSR count). The normalized spacial score (nSPS) is 53.3. The Morgan fingerprint density at radius 3 is 2.43 bits per heavy atom. The van der Waals surface area contributed by atoms with Crippen LogP contribution in [0.1, 0.15) is 27.7 Å². The Balaban J connectivity index is 1.66. The van der Waals surface area contributed by atoms with Crippen LogP contribution >= 0.6 is 0 Å². The van der Waals surface area contributed by atoms with Crippen molar-refractivity contribution in [3.63, 3.8) is 0 Å². The highest BCUT2D eigenvalue weighted by Crippen LogP contribution is 2.53. The van der Waals surface area contributed by atoms with Gasteiger partial charge in [0.15, 0.2) is 11.6 Å². The molecule has 0 unspecified atom stereocenters. The highest BCUT2D eigenvalue weighted by Gasteiger charge is 2.73. The van der Waals surface area contributed by atoms with Crippen molar-refractivity contribution in [2.24, 2.45) is 0 Å². The van der Waals surface area contributed by atoms with Crippen LogP contribution in [0.5, 0.6) is 0 Å². The summed E-state index contributed by atoms with van der Waals surface area (Å²) < 4.78 is 35.5. The van der Waals surface area contributed by atoms with Crippen LogP contribution in [-0.4, -0.2) is 66.2 Å². The van der Waals surface area contributed by atoms with E-state index in [-0.39, 0.29) is 31.0 Å². The Hall–Kier alpha value is -0.280. The molecule has 4 heterocycles. The first-order valence-electron chi connectivity index (χ1n) is 7.40. The number of fused-ring (bicyclic) bond motifs is 3. The van der Waals surface area contributed by atoms with Crippen LogP contribution in [-0.2, 0) is 28.4 Å². The number of ether oxygens (including phenoxy) is 6. The maximum Gasteiger partial charge on any atom is 0.230 e. The lowest BCUT2D eigenvalue weighted by atomic mass is 9.93. The number of aliphatic hydroxyl groups excluding tert-OH is 1. The SMILES string of the molecule is CC1(C)O[C@@H]2[C@@H](CO[C@@]3([C@@H]4O[C@H]4CO)OC(C)(C)O[C@@H]23)O1. The van der Waals surface area contributed by atoms with Crippen LogP contribution in [0, 0.1) is 0 Å². The summed E-state index contributed by atoms with van der Waals surface area (Å²) in [5, 5.41) is 9.29. The second kappa shape index (κ2) is 4.17. The first-order valence-corrected chi connectivity index (χ1v) is 7.40. The third-order valence-corrected chi connectivity index (χ3v) is 4.36. The lowest BCUT2D eigenvalue weighted by molar-refractivity contribution is -0.289. The molecular weight excluding hydrogens is 280 g/mol. The van der Waals surface area contributed by atoms with Gasteiger partial charge in [0.1, 0.15) is 30.5 Å². The molecule has 4 aliphatic heterocycles. The summed E-state index contributed by atoms with van der Waals surface area (Å²) in [5.41, 5.74) is 0. The van der Waals surface area contributed by atoms with E-state index in [1.54, 1.807) is 0 Å². The first kappa shape index (κ1) is 14.3. The molecule has 4 aliphatic rings. The van der Waals surface area contributed by atoms with E-state index in [1.165, 1.54) is 0 Å². The number of epoxide rings is 1. The molecule has 0 radical (unpaired) electrons. The number of hydrogen-bond donors (Lipinski definition) is 1. The van der Waals surface area contributed by atoms with Gasteiger partial charge in [-0.15, -0.1) is 0 Å². The fourth-order valence-electron chi connectivity index (χ4n) is 3.66. The summed E-state index contributed by atoms with van der Waals surface area (Å²) in [6.45, 7) is 7.70. The molecule has 0 aromatic rings. The van der Waals surface area contributed by atoms with Crippen molar-refractivity contribution >= 4 is 0 Å². The highest BCUT2D eigenvalue weighted by atomic mass is 16.9. The molecule has 7 heteroatoms. The van der Waals surface area contributed by atoms with Gasteiger partial charge in [-0.05, 0) is 27.7 Å². The average Bonchev–Trinajstić information content (AvgIpc) is 3.02. The predicted octanol–water partition coefficient (Wildman–Crippen LogP) is 0.144. The Morgan fingerprint density at radius 1 is 1.00 bits per heavy atom. The van der Waals surface area contributed by atoms with E-state index < -0.39 is 23.5 Å². The lowest BCUT2D eigenvalue weighted by Crippen LogP contribution is -2.61. The Labute approximate surface area is 123 Å². The molecule has 4 saturated heterocycles.